The standard InChI is InChI=1S/C20H31IN2O/c1-2-3-4-5-6-7-8-9-10-11-15-20(24)23-22-17-18-13-12-14-19(21)16-18/h12-14,16-17H,2-11,15H2,1H3,(H,23,24)/b22-17-. The second-order valence-electron chi connectivity index (χ2n) is 6.28. The molecule has 1 N–H and O–H groups in total. The van der Waals surface area contributed by atoms with Gasteiger partial charge in [-0.1, -0.05) is 76.8 Å². The van der Waals surface area contributed by atoms with Crippen molar-refractivity contribution in [3.05, 3.63) is 33.4 Å². The number of rotatable bonds is 13. The van der Waals surface area contributed by atoms with Crippen LogP contribution in [0, 0.1) is 3.57 Å². The van der Waals surface area contributed by atoms with Crippen LogP contribution in [0.25, 0.3) is 0 Å². The van der Waals surface area contributed by atoms with Gasteiger partial charge in [0.1, 0.15) is 0 Å². The molecule has 0 spiro atoms. The number of hydrogen-bond donors (Lipinski definition) is 1. The summed E-state index contributed by atoms with van der Waals surface area (Å²) in [5.41, 5.74) is 3.61. The van der Waals surface area contributed by atoms with Crippen LogP contribution in [0.5, 0.6) is 0 Å². The second kappa shape index (κ2) is 14.4. The summed E-state index contributed by atoms with van der Waals surface area (Å²) in [6.45, 7) is 2.25. The lowest BCUT2D eigenvalue weighted by Crippen LogP contribution is -2.16. The van der Waals surface area contributed by atoms with Gasteiger partial charge in [-0.15, -0.1) is 0 Å². The molecule has 1 aromatic carbocycles. The van der Waals surface area contributed by atoms with E-state index in [-0.39, 0.29) is 5.91 Å². The van der Waals surface area contributed by atoms with E-state index in [4.69, 9.17) is 0 Å². The normalized spacial score (nSPS) is 11.1. The Morgan fingerprint density at radius 3 is 2.29 bits per heavy atom. The molecule has 1 amide bonds. The van der Waals surface area contributed by atoms with Crippen molar-refractivity contribution < 1.29 is 4.79 Å². The highest BCUT2D eigenvalue weighted by atomic mass is 127. The number of nitrogens with one attached hydrogen (secondary N) is 1. The number of hydrogen-bond acceptors (Lipinski definition) is 2. The number of carbonyl (C=O) groups excluding carboxylic acids is 1. The molecule has 0 saturated carbocycles. The molecule has 24 heavy (non-hydrogen) atoms. The molecule has 0 heterocycles. The van der Waals surface area contributed by atoms with Gasteiger partial charge in [0, 0.05) is 9.99 Å². The summed E-state index contributed by atoms with van der Waals surface area (Å²) in [6, 6.07) is 8.01. The van der Waals surface area contributed by atoms with Crippen LogP contribution in [-0.2, 0) is 4.79 Å². The highest BCUT2D eigenvalue weighted by molar-refractivity contribution is 14.1. The summed E-state index contributed by atoms with van der Waals surface area (Å²) >= 11 is 2.26. The minimum atomic E-state index is 0.0106. The van der Waals surface area contributed by atoms with E-state index in [2.05, 4.69) is 40.0 Å². The van der Waals surface area contributed by atoms with Crippen molar-refractivity contribution in [1.82, 2.24) is 5.43 Å². The number of unbranched alkanes of at least 4 members (excludes halogenated alkanes) is 9. The first-order chi connectivity index (χ1) is 11.7. The van der Waals surface area contributed by atoms with Gasteiger partial charge in [0.05, 0.1) is 6.21 Å². The quantitative estimate of drug-likeness (QED) is 0.172. The zero-order valence-corrected chi connectivity index (χ0v) is 17.1. The van der Waals surface area contributed by atoms with E-state index in [0.29, 0.717) is 6.42 Å². The Balaban J connectivity index is 1.96. The van der Waals surface area contributed by atoms with Crippen LogP contribution in [0.3, 0.4) is 0 Å². The summed E-state index contributed by atoms with van der Waals surface area (Å²) in [4.78, 5) is 11.7. The molecule has 0 atom stereocenters. The Bertz CT molecular complexity index is 488. The summed E-state index contributed by atoms with van der Waals surface area (Å²) in [6.07, 6.45) is 15.1. The van der Waals surface area contributed by atoms with Gasteiger partial charge in [-0.05, 0) is 46.7 Å². The highest BCUT2D eigenvalue weighted by Crippen LogP contribution is 2.11. The lowest BCUT2D eigenvalue weighted by atomic mass is 10.1. The minimum Gasteiger partial charge on any atom is -0.273 e. The highest BCUT2D eigenvalue weighted by Gasteiger charge is 1.99. The maximum Gasteiger partial charge on any atom is 0.240 e. The van der Waals surface area contributed by atoms with E-state index in [1.165, 1.54) is 51.4 Å². The molecule has 0 aliphatic carbocycles. The largest absolute Gasteiger partial charge is 0.273 e. The third kappa shape index (κ3) is 11.6. The third-order valence-corrected chi connectivity index (χ3v) is 4.68. The fraction of sp³-hybridized carbons (Fsp3) is 0.600. The average Bonchev–Trinajstić information content (AvgIpc) is 2.56. The third-order valence-electron chi connectivity index (χ3n) is 4.01. The number of benzene rings is 1. The number of nitrogens with zero attached hydrogens (tertiary/aromatic N) is 1. The van der Waals surface area contributed by atoms with E-state index in [0.717, 1.165) is 22.0 Å². The molecule has 0 unspecified atom stereocenters. The van der Waals surface area contributed by atoms with Crippen molar-refractivity contribution in [2.24, 2.45) is 5.10 Å². The fourth-order valence-corrected chi connectivity index (χ4v) is 3.16. The van der Waals surface area contributed by atoms with Crippen LogP contribution in [0.15, 0.2) is 29.4 Å². The van der Waals surface area contributed by atoms with E-state index in [1.807, 2.05) is 24.3 Å². The van der Waals surface area contributed by atoms with Crippen molar-refractivity contribution in [3.63, 3.8) is 0 Å². The second-order valence-corrected chi connectivity index (χ2v) is 7.53. The van der Waals surface area contributed by atoms with Gasteiger partial charge in [0.25, 0.3) is 0 Å². The Morgan fingerprint density at radius 2 is 1.67 bits per heavy atom. The van der Waals surface area contributed by atoms with E-state index in [9.17, 15) is 4.79 Å². The number of carbonyl (C=O) groups is 1. The Morgan fingerprint density at radius 1 is 1.04 bits per heavy atom. The van der Waals surface area contributed by atoms with Gasteiger partial charge in [-0.2, -0.15) is 5.10 Å². The predicted molar refractivity (Wildman–Crippen MR) is 111 cm³/mol. The van der Waals surface area contributed by atoms with Crippen molar-refractivity contribution in [1.29, 1.82) is 0 Å². The smallest absolute Gasteiger partial charge is 0.240 e. The predicted octanol–water partition coefficient (Wildman–Crippen LogP) is 6.05. The molecular weight excluding hydrogens is 411 g/mol. The first-order valence-electron chi connectivity index (χ1n) is 9.30. The van der Waals surface area contributed by atoms with E-state index in [1.54, 1.807) is 6.21 Å². The molecule has 0 aliphatic rings. The summed E-state index contributed by atoms with van der Waals surface area (Å²) < 4.78 is 1.16. The molecule has 0 bridgehead atoms. The zero-order valence-electron chi connectivity index (χ0n) is 14.9. The van der Waals surface area contributed by atoms with E-state index >= 15 is 0 Å². The topological polar surface area (TPSA) is 41.5 Å². The summed E-state index contributed by atoms with van der Waals surface area (Å²) in [5, 5.41) is 4.02. The van der Waals surface area contributed by atoms with Gasteiger partial charge in [0.15, 0.2) is 0 Å². The lowest BCUT2D eigenvalue weighted by Gasteiger charge is -2.02. The minimum absolute atomic E-state index is 0.0106. The number of amides is 1. The first-order valence-corrected chi connectivity index (χ1v) is 10.4. The van der Waals surface area contributed by atoms with E-state index < -0.39 is 0 Å². The maximum atomic E-state index is 11.7. The maximum absolute atomic E-state index is 11.7. The molecule has 3 nitrogen and oxygen atoms in total. The monoisotopic (exact) mass is 442 g/mol. The number of hydrazone groups is 1. The van der Waals surface area contributed by atoms with Crippen molar-refractivity contribution in [3.8, 4) is 0 Å². The molecule has 0 saturated heterocycles. The molecule has 0 radical (unpaired) electrons. The van der Waals surface area contributed by atoms with Gasteiger partial charge < -0.3 is 0 Å². The molecule has 0 fully saturated rings. The van der Waals surface area contributed by atoms with Gasteiger partial charge in [0.2, 0.25) is 5.91 Å². The van der Waals surface area contributed by atoms with Crippen molar-refractivity contribution in [2.75, 3.05) is 0 Å². The summed E-state index contributed by atoms with van der Waals surface area (Å²) in [7, 11) is 0. The summed E-state index contributed by atoms with van der Waals surface area (Å²) in [5.74, 6) is 0.0106. The molecule has 0 aromatic heterocycles. The van der Waals surface area contributed by atoms with Gasteiger partial charge >= 0.3 is 0 Å². The zero-order chi connectivity index (χ0) is 17.5. The van der Waals surface area contributed by atoms with Crippen LogP contribution in [-0.4, -0.2) is 12.1 Å². The average molecular weight is 442 g/mol. The van der Waals surface area contributed by atoms with Crippen LogP contribution in [0.2, 0.25) is 0 Å². The van der Waals surface area contributed by atoms with Crippen LogP contribution < -0.4 is 5.43 Å². The van der Waals surface area contributed by atoms with Crippen molar-refractivity contribution >= 4 is 34.7 Å². The molecule has 0 aliphatic heterocycles. The molecular formula is C20H31IN2O. The molecule has 1 aromatic rings. The van der Waals surface area contributed by atoms with Crippen LogP contribution in [0.4, 0.5) is 0 Å². The van der Waals surface area contributed by atoms with Gasteiger partial charge in [-0.25, -0.2) is 5.43 Å². The lowest BCUT2D eigenvalue weighted by molar-refractivity contribution is -0.121. The Labute approximate surface area is 160 Å². The van der Waals surface area contributed by atoms with Crippen LogP contribution in [0.1, 0.15) is 83.1 Å². The van der Waals surface area contributed by atoms with Crippen LogP contribution >= 0.6 is 22.6 Å². The number of halogens is 1. The Hall–Kier alpha value is -0.910. The Kier molecular flexibility index (Phi) is 12.7. The molecule has 1 rings (SSSR count). The SMILES string of the molecule is CCCCCCCCCCCCC(=O)N/N=C\c1cccc(I)c1. The fourth-order valence-electron chi connectivity index (χ4n) is 2.59. The molecule has 134 valence electrons. The van der Waals surface area contributed by atoms with Gasteiger partial charge in [-0.3, -0.25) is 4.79 Å². The molecule has 4 heteroatoms. The first kappa shape index (κ1) is 21.1. The van der Waals surface area contributed by atoms with Crippen molar-refractivity contribution in [2.45, 2.75) is 77.6 Å².